The van der Waals surface area contributed by atoms with Gasteiger partial charge in [-0.2, -0.15) is 0 Å². The first-order valence-electron chi connectivity index (χ1n) is 19.4. The minimum Gasteiger partial charge on any atom is -0.493 e. The number of rotatable bonds is 10. The van der Waals surface area contributed by atoms with Crippen molar-refractivity contribution in [2.24, 2.45) is 21.7 Å². The van der Waals surface area contributed by atoms with E-state index in [1.165, 1.54) is 0 Å². The van der Waals surface area contributed by atoms with Gasteiger partial charge in [0, 0.05) is 12.6 Å². The van der Waals surface area contributed by atoms with E-state index in [0.717, 1.165) is 16.7 Å². The molecule has 0 aromatic heterocycles. The normalized spacial score (nSPS) is 23.3. The SMILES string of the molecule is COc1cc2c(cc1OC)[C@@H](Cc1ccccc1)N([C@@H]1O[C@H](COC(=O)C(C)(C)C)[C@H](OC(=O)C(C)(C)C)[C@H](OC(=O)C(C)(C)C)[C@H]1OC(=O)C(C)(C)C)CC2. The third-order valence-electron chi connectivity index (χ3n) is 9.81. The van der Waals surface area contributed by atoms with Crippen LogP contribution in [0.25, 0.3) is 0 Å². The smallest absolute Gasteiger partial charge is 0.311 e. The second-order valence-corrected chi connectivity index (χ2v) is 18.9. The van der Waals surface area contributed by atoms with Crippen LogP contribution in [0.5, 0.6) is 11.5 Å². The number of fused-ring (bicyclic) bond motifs is 1. The highest BCUT2D eigenvalue weighted by Crippen LogP contribution is 2.44. The number of hydrogen-bond donors (Lipinski definition) is 0. The molecule has 12 nitrogen and oxygen atoms in total. The van der Waals surface area contributed by atoms with Gasteiger partial charge >= 0.3 is 23.9 Å². The Morgan fingerprint density at radius 2 is 1.14 bits per heavy atom. The summed E-state index contributed by atoms with van der Waals surface area (Å²) in [7, 11) is 3.18. The summed E-state index contributed by atoms with van der Waals surface area (Å²) in [6, 6.07) is 13.5. The van der Waals surface area contributed by atoms with E-state index in [0.29, 0.717) is 30.9 Å². The van der Waals surface area contributed by atoms with Gasteiger partial charge in [0.15, 0.2) is 36.0 Å². The number of benzene rings is 2. The average Bonchev–Trinajstić information content (AvgIpc) is 3.10. The van der Waals surface area contributed by atoms with Crippen LogP contribution in [0.3, 0.4) is 0 Å². The molecule has 2 aromatic rings. The summed E-state index contributed by atoms with van der Waals surface area (Å²) in [6.07, 6.45) is -5.12. The topological polar surface area (TPSA) is 136 Å². The van der Waals surface area contributed by atoms with E-state index < -0.39 is 76.2 Å². The molecule has 12 heteroatoms. The van der Waals surface area contributed by atoms with Gasteiger partial charge in [-0.05, 0) is 125 Å². The van der Waals surface area contributed by atoms with E-state index in [4.69, 9.17) is 33.2 Å². The van der Waals surface area contributed by atoms with Gasteiger partial charge in [-0.25, -0.2) is 0 Å². The Labute approximate surface area is 332 Å². The van der Waals surface area contributed by atoms with Crippen molar-refractivity contribution in [3.05, 3.63) is 59.2 Å². The van der Waals surface area contributed by atoms with Crippen LogP contribution < -0.4 is 9.47 Å². The molecule has 2 heterocycles. The van der Waals surface area contributed by atoms with E-state index in [2.05, 4.69) is 4.90 Å². The molecule has 0 unspecified atom stereocenters. The fourth-order valence-electron chi connectivity index (χ4n) is 6.39. The lowest BCUT2D eigenvalue weighted by Crippen LogP contribution is -2.68. The van der Waals surface area contributed by atoms with Crippen molar-refractivity contribution in [2.45, 2.75) is 133 Å². The van der Waals surface area contributed by atoms with Crippen LogP contribution in [0.4, 0.5) is 0 Å². The highest BCUT2D eigenvalue weighted by molar-refractivity contribution is 5.78. The third-order valence-corrected chi connectivity index (χ3v) is 9.81. The summed E-state index contributed by atoms with van der Waals surface area (Å²) >= 11 is 0. The maximum atomic E-state index is 14.0. The predicted octanol–water partition coefficient (Wildman–Crippen LogP) is 7.03. The van der Waals surface area contributed by atoms with Gasteiger partial charge in [-0.15, -0.1) is 0 Å². The maximum absolute atomic E-state index is 14.0. The summed E-state index contributed by atoms with van der Waals surface area (Å²) in [6.45, 7) is 20.7. The van der Waals surface area contributed by atoms with Crippen molar-refractivity contribution in [3.63, 3.8) is 0 Å². The molecule has 2 aliphatic rings. The Balaban J connectivity index is 1.98. The third kappa shape index (κ3) is 10.6. The highest BCUT2D eigenvalue weighted by Gasteiger charge is 2.57. The Morgan fingerprint density at radius 1 is 0.661 bits per heavy atom. The number of methoxy groups -OCH3 is 2. The number of hydrogen-bond acceptors (Lipinski definition) is 12. The summed E-state index contributed by atoms with van der Waals surface area (Å²) in [5, 5.41) is 0. The van der Waals surface area contributed by atoms with E-state index in [-0.39, 0.29) is 12.6 Å². The van der Waals surface area contributed by atoms with Crippen LogP contribution in [-0.2, 0) is 55.7 Å². The number of ether oxygens (including phenoxy) is 7. The molecule has 6 atom stereocenters. The molecule has 0 radical (unpaired) electrons. The number of carbonyl (C=O) groups excluding carboxylic acids is 4. The zero-order valence-corrected chi connectivity index (χ0v) is 35.8. The van der Waals surface area contributed by atoms with Gasteiger partial charge in [0.1, 0.15) is 12.7 Å². The fourth-order valence-corrected chi connectivity index (χ4v) is 6.39. The van der Waals surface area contributed by atoms with Gasteiger partial charge in [0.2, 0.25) is 0 Å². The first kappa shape index (κ1) is 44.6. The molecule has 1 saturated heterocycles. The number of nitrogens with zero attached hydrogens (tertiary/aromatic N) is 1. The molecule has 310 valence electrons. The molecule has 0 aliphatic carbocycles. The number of carbonyl (C=O) groups is 4. The predicted molar refractivity (Wildman–Crippen MR) is 210 cm³/mol. The van der Waals surface area contributed by atoms with Gasteiger partial charge < -0.3 is 33.2 Å². The Hall–Kier alpha value is -4.16. The zero-order valence-electron chi connectivity index (χ0n) is 35.8. The van der Waals surface area contributed by atoms with Crippen LogP contribution in [0, 0.1) is 21.7 Å². The largest absolute Gasteiger partial charge is 0.493 e. The molecule has 0 N–H and O–H groups in total. The van der Waals surface area contributed by atoms with E-state index in [1.54, 1.807) is 97.3 Å². The van der Waals surface area contributed by atoms with E-state index in [9.17, 15) is 19.2 Å². The fraction of sp³-hybridized carbons (Fsp3) is 0.636. The number of esters is 4. The molecular formula is C44H63NO11. The first-order chi connectivity index (χ1) is 25.9. The van der Waals surface area contributed by atoms with Gasteiger partial charge in [-0.1, -0.05) is 30.3 Å². The average molecular weight is 782 g/mol. The lowest BCUT2D eigenvalue weighted by molar-refractivity contribution is -0.288. The zero-order chi connectivity index (χ0) is 42.0. The molecule has 56 heavy (non-hydrogen) atoms. The van der Waals surface area contributed by atoms with E-state index >= 15 is 0 Å². The minimum absolute atomic E-state index is 0.336. The minimum atomic E-state index is -1.36. The molecule has 0 spiro atoms. The second-order valence-electron chi connectivity index (χ2n) is 18.9. The molecule has 0 saturated carbocycles. The second kappa shape index (κ2) is 17.1. The van der Waals surface area contributed by atoms with E-state index in [1.807, 2.05) is 42.5 Å². The molecule has 2 aromatic carbocycles. The molecule has 1 fully saturated rings. The van der Waals surface area contributed by atoms with Crippen molar-refractivity contribution in [3.8, 4) is 11.5 Å². The molecule has 0 amide bonds. The lowest BCUT2D eigenvalue weighted by Gasteiger charge is -2.51. The molecule has 4 rings (SSSR count). The molecule has 2 aliphatic heterocycles. The van der Waals surface area contributed by atoms with Crippen LogP contribution in [0.2, 0.25) is 0 Å². The van der Waals surface area contributed by atoms with Gasteiger partial charge in [0.25, 0.3) is 0 Å². The molecular weight excluding hydrogens is 718 g/mol. The summed E-state index contributed by atoms with van der Waals surface area (Å²) < 4.78 is 43.2. The van der Waals surface area contributed by atoms with Crippen LogP contribution >= 0.6 is 0 Å². The van der Waals surface area contributed by atoms with Crippen LogP contribution in [0.15, 0.2) is 42.5 Å². The van der Waals surface area contributed by atoms with Crippen LogP contribution in [0.1, 0.15) is 106 Å². The summed E-state index contributed by atoms with van der Waals surface area (Å²) in [5.74, 6) is -1.15. The van der Waals surface area contributed by atoms with Gasteiger partial charge in [0.05, 0.1) is 35.9 Å². The Kier molecular flexibility index (Phi) is 13.6. The standard InChI is InChI=1S/C44H63NO11/c1-41(2,3)37(46)52-25-32-33(54-38(47)42(4,5)6)34(55-39(48)43(7,8)9)35(56-40(49)44(10,11)12)36(53-32)45-21-20-27-23-30(50-13)31(51-14)24-28(27)29(45)22-26-18-16-15-17-19-26/h15-19,23-24,29,32-36H,20-22,25H2,1-14H3/t29-,32-,33+,34+,35-,36-/m1/s1. The summed E-state index contributed by atoms with van der Waals surface area (Å²) in [4.78, 5) is 56.9. The Morgan fingerprint density at radius 3 is 1.64 bits per heavy atom. The van der Waals surface area contributed by atoms with Crippen molar-refractivity contribution in [1.82, 2.24) is 4.90 Å². The van der Waals surface area contributed by atoms with Gasteiger partial charge in [-0.3, -0.25) is 24.1 Å². The van der Waals surface area contributed by atoms with Crippen molar-refractivity contribution >= 4 is 23.9 Å². The monoisotopic (exact) mass is 781 g/mol. The van der Waals surface area contributed by atoms with Crippen molar-refractivity contribution in [2.75, 3.05) is 27.4 Å². The Bertz CT molecular complexity index is 1710. The highest BCUT2D eigenvalue weighted by atomic mass is 16.7. The molecule has 0 bridgehead atoms. The summed E-state index contributed by atoms with van der Waals surface area (Å²) in [5.41, 5.74) is -0.767. The first-order valence-corrected chi connectivity index (χ1v) is 19.4. The van der Waals surface area contributed by atoms with Crippen molar-refractivity contribution in [1.29, 1.82) is 0 Å². The lowest BCUT2D eigenvalue weighted by atomic mass is 9.86. The quantitative estimate of drug-likeness (QED) is 0.181. The van der Waals surface area contributed by atoms with Crippen molar-refractivity contribution < 1.29 is 52.3 Å². The maximum Gasteiger partial charge on any atom is 0.311 e. The van der Waals surface area contributed by atoms with Crippen LogP contribution in [-0.4, -0.2) is 86.8 Å².